The van der Waals surface area contributed by atoms with Crippen molar-refractivity contribution in [3.8, 4) is 11.5 Å². The molecule has 2 aromatic rings. The number of nitrogens with zero attached hydrogens (tertiary/aromatic N) is 1. The standard InChI is InChI=1S/C17H16ClN3O5/c1-10-2-3-11(21(23)24)6-13(10)20-17(22)9-19-14-8-16-15(7-12(14)18)25-4-5-26-16/h2-3,6-8,19H,4-5,9H2,1H3,(H,20,22). The summed E-state index contributed by atoms with van der Waals surface area (Å²) in [4.78, 5) is 22.5. The molecule has 1 aliphatic heterocycles. The van der Waals surface area contributed by atoms with E-state index in [0.717, 1.165) is 5.56 Å². The number of amides is 1. The fourth-order valence-corrected chi connectivity index (χ4v) is 2.65. The van der Waals surface area contributed by atoms with E-state index >= 15 is 0 Å². The summed E-state index contributed by atoms with van der Waals surface area (Å²) >= 11 is 6.18. The van der Waals surface area contributed by atoms with Gasteiger partial charge in [-0.1, -0.05) is 17.7 Å². The number of carbonyl (C=O) groups is 1. The Bertz CT molecular complexity index is 872. The average molecular weight is 378 g/mol. The van der Waals surface area contributed by atoms with Gasteiger partial charge in [-0.3, -0.25) is 14.9 Å². The van der Waals surface area contributed by atoms with Crippen molar-refractivity contribution < 1.29 is 19.2 Å². The van der Waals surface area contributed by atoms with E-state index in [1.807, 2.05) is 0 Å². The Morgan fingerprint density at radius 2 is 1.88 bits per heavy atom. The number of benzene rings is 2. The van der Waals surface area contributed by atoms with Gasteiger partial charge in [0.1, 0.15) is 13.2 Å². The first-order valence-electron chi connectivity index (χ1n) is 7.82. The summed E-state index contributed by atoms with van der Waals surface area (Å²) in [5.74, 6) is 0.751. The van der Waals surface area contributed by atoms with Crippen molar-refractivity contribution in [1.29, 1.82) is 0 Å². The lowest BCUT2D eigenvalue weighted by Crippen LogP contribution is -2.22. The quantitative estimate of drug-likeness (QED) is 0.611. The first-order valence-corrected chi connectivity index (χ1v) is 8.20. The predicted molar refractivity (Wildman–Crippen MR) is 97.4 cm³/mol. The molecular weight excluding hydrogens is 362 g/mol. The van der Waals surface area contributed by atoms with Crippen LogP contribution in [0.25, 0.3) is 0 Å². The Hall–Kier alpha value is -3.00. The van der Waals surface area contributed by atoms with E-state index in [0.29, 0.717) is 41.1 Å². The number of halogens is 1. The lowest BCUT2D eigenvalue weighted by Gasteiger charge is -2.20. The van der Waals surface area contributed by atoms with E-state index in [-0.39, 0.29) is 18.1 Å². The third kappa shape index (κ3) is 3.97. The number of aryl methyl sites for hydroxylation is 1. The molecule has 0 radical (unpaired) electrons. The van der Waals surface area contributed by atoms with Crippen LogP contribution in [0.4, 0.5) is 17.1 Å². The third-order valence-electron chi connectivity index (χ3n) is 3.78. The average Bonchev–Trinajstić information content (AvgIpc) is 2.61. The van der Waals surface area contributed by atoms with Gasteiger partial charge in [0, 0.05) is 24.3 Å². The molecule has 0 atom stereocenters. The minimum atomic E-state index is -0.512. The summed E-state index contributed by atoms with van der Waals surface area (Å²) in [5, 5.41) is 16.8. The highest BCUT2D eigenvalue weighted by molar-refractivity contribution is 6.33. The number of carbonyl (C=O) groups excluding carboxylic acids is 1. The summed E-state index contributed by atoms with van der Waals surface area (Å²) in [6.45, 7) is 2.59. The Morgan fingerprint density at radius 1 is 1.19 bits per heavy atom. The highest BCUT2D eigenvalue weighted by atomic mass is 35.5. The van der Waals surface area contributed by atoms with Crippen LogP contribution in [0.2, 0.25) is 5.02 Å². The lowest BCUT2D eigenvalue weighted by atomic mass is 10.2. The van der Waals surface area contributed by atoms with Crippen molar-refractivity contribution in [2.75, 3.05) is 30.4 Å². The zero-order chi connectivity index (χ0) is 18.7. The van der Waals surface area contributed by atoms with Crippen LogP contribution in [0.15, 0.2) is 30.3 Å². The highest BCUT2D eigenvalue weighted by Gasteiger charge is 2.16. The first-order chi connectivity index (χ1) is 12.4. The second-order valence-corrected chi connectivity index (χ2v) is 6.04. The number of nitro groups is 1. The van der Waals surface area contributed by atoms with Gasteiger partial charge >= 0.3 is 0 Å². The number of rotatable bonds is 5. The topological polar surface area (TPSA) is 103 Å². The van der Waals surface area contributed by atoms with Crippen molar-refractivity contribution in [2.24, 2.45) is 0 Å². The molecule has 0 unspecified atom stereocenters. The molecule has 0 saturated heterocycles. The molecule has 9 heteroatoms. The van der Waals surface area contributed by atoms with Crippen LogP contribution in [0.1, 0.15) is 5.56 Å². The molecule has 1 amide bonds. The van der Waals surface area contributed by atoms with E-state index in [1.54, 1.807) is 25.1 Å². The van der Waals surface area contributed by atoms with Gasteiger partial charge < -0.3 is 20.1 Å². The highest BCUT2D eigenvalue weighted by Crippen LogP contribution is 2.37. The van der Waals surface area contributed by atoms with Gasteiger partial charge in [-0.2, -0.15) is 0 Å². The van der Waals surface area contributed by atoms with E-state index in [9.17, 15) is 14.9 Å². The molecule has 3 rings (SSSR count). The smallest absolute Gasteiger partial charge is 0.271 e. The summed E-state index contributed by atoms with van der Waals surface area (Å²) in [6.07, 6.45) is 0. The molecule has 0 fully saturated rings. The first kappa shape index (κ1) is 17.8. The lowest BCUT2D eigenvalue weighted by molar-refractivity contribution is -0.384. The Kier molecular flexibility index (Phi) is 5.13. The molecule has 0 saturated carbocycles. The minimum absolute atomic E-state index is 0.0680. The van der Waals surface area contributed by atoms with Crippen LogP contribution in [0, 0.1) is 17.0 Å². The molecular formula is C17H16ClN3O5. The number of nitro benzene ring substituents is 1. The van der Waals surface area contributed by atoms with Crippen molar-refractivity contribution in [1.82, 2.24) is 0 Å². The fraction of sp³-hybridized carbons (Fsp3) is 0.235. The summed E-state index contributed by atoms with van der Waals surface area (Å²) in [7, 11) is 0. The summed E-state index contributed by atoms with van der Waals surface area (Å²) in [5.41, 5.74) is 1.55. The van der Waals surface area contributed by atoms with Crippen molar-refractivity contribution >= 4 is 34.6 Å². The van der Waals surface area contributed by atoms with Crippen LogP contribution >= 0.6 is 11.6 Å². The Morgan fingerprint density at radius 3 is 2.58 bits per heavy atom. The van der Waals surface area contributed by atoms with E-state index in [4.69, 9.17) is 21.1 Å². The molecule has 8 nitrogen and oxygen atoms in total. The molecule has 0 aliphatic carbocycles. The molecule has 0 spiro atoms. The number of fused-ring (bicyclic) bond motifs is 1. The van der Waals surface area contributed by atoms with Crippen molar-refractivity contribution in [2.45, 2.75) is 6.92 Å². The molecule has 2 aromatic carbocycles. The van der Waals surface area contributed by atoms with Crippen molar-refractivity contribution in [3.63, 3.8) is 0 Å². The van der Waals surface area contributed by atoms with Gasteiger partial charge in [0.2, 0.25) is 5.91 Å². The number of non-ortho nitro benzene ring substituents is 1. The SMILES string of the molecule is Cc1ccc([N+](=O)[O-])cc1NC(=O)CNc1cc2c(cc1Cl)OCCO2. The van der Waals surface area contributed by atoms with Crippen LogP contribution in [-0.4, -0.2) is 30.6 Å². The second kappa shape index (κ2) is 7.49. The van der Waals surface area contributed by atoms with Gasteiger partial charge in [0.15, 0.2) is 11.5 Å². The van der Waals surface area contributed by atoms with Gasteiger partial charge in [-0.05, 0) is 12.5 Å². The molecule has 2 N–H and O–H groups in total. The minimum Gasteiger partial charge on any atom is -0.486 e. The van der Waals surface area contributed by atoms with Gasteiger partial charge in [-0.15, -0.1) is 0 Å². The monoisotopic (exact) mass is 377 g/mol. The Balaban J connectivity index is 1.66. The van der Waals surface area contributed by atoms with E-state index in [1.165, 1.54) is 12.1 Å². The maximum Gasteiger partial charge on any atom is 0.271 e. The normalized spacial score (nSPS) is 12.4. The van der Waals surface area contributed by atoms with Gasteiger partial charge in [-0.25, -0.2) is 0 Å². The number of hydrogen-bond acceptors (Lipinski definition) is 6. The number of ether oxygens (including phenoxy) is 2. The predicted octanol–water partition coefficient (Wildman–Crippen LogP) is 3.38. The maximum absolute atomic E-state index is 12.2. The number of hydrogen-bond donors (Lipinski definition) is 2. The van der Waals surface area contributed by atoms with Crippen LogP contribution in [0.5, 0.6) is 11.5 Å². The molecule has 0 aromatic heterocycles. The molecule has 1 aliphatic rings. The molecule has 1 heterocycles. The van der Waals surface area contributed by atoms with Gasteiger partial charge in [0.05, 0.1) is 27.9 Å². The van der Waals surface area contributed by atoms with E-state index < -0.39 is 4.92 Å². The van der Waals surface area contributed by atoms with Gasteiger partial charge in [0.25, 0.3) is 5.69 Å². The molecule has 26 heavy (non-hydrogen) atoms. The fourth-order valence-electron chi connectivity index (χ4n) is 2.43. The molecule has 0 bridgehead atoms. The summed E-state index contributed by atoms with van der Waals surface area (Å²) < 4.78 is 10.9. The number of anilines is 2. The van der Waals surface area contributed by atoms with Crippen molar-refractivity contribution in [3.05, 3.63) is 51.0 Å². The number of nitrogens with one attached hydrogen (secondary N) is 2. The second-order valence-electron chi connectivity index (χ2n) is 5.63. The zero-order valence-corrected chi connectivity index (χ0v) is 14.6. The van der Waals surface area contributed by atoms with Crippen LogP contribution < -0.4 is 20.1 Å². The van der Waals surface area contributed by atoms with Crippen LogP contribution in [0.3, 0.4) is 0 Å². The largest absolute Gasteiger partial charge is 0.486 e. The molecule has 136 valence electrons. The van der Waals surface area contributed by atoms with E-state index in [2.05, 4.69) is 10.6 Å². The maximum atomic E-state index is 12.2. The summed E-state index contributed by atoms with van der Waals surface area (Å²) in [6, 6.07) is 7.59. The third-order valence-corrected chi connectivity index (χ3v) is 4.09. The van der Waals surface area contributed by atoms with Crippen LogP contribution in [-0.2, 0) is 4.79 Å². The zero-order valence-electron chi connectivity index (χ0n) is 13.9. The Labute approximate surface area is 154 Å².